The summed E-state index contributed by atoms with van der Waals surface area (Å²) < 4.78 is 4.88. The number of aliphatic hydroxyl groups excluding tert-OH is 1. The number of rotatable bonds is 5. The fraction of sp³-hybridized carbons (Fsp3) is 0.267. The van der Waals surface area contributed by atoms with Crippen molar-refractivity contribution in [2.75, 3.05) is 7.11 Å². The van der Waals surface area contributed by atoms with E-state index in [0.717, 1.165) is 16.8 Å². The van der Waals surface area contributed by atoms with Gasteiger partial charge in [-0.3, -0.25) is 4.98 Å². The first kappa shape index (κ1) is 14.0. The lowest BCUT2D eigenvalue weighted by Crippen LogP contribution is -2.02. The quantitative estimate of drug-likeness (QED) is 0.675. The summed E-state index contributed by atoms with van der Waals surface area (Å²) in [5.74, 6) is 0.522. The van der Waals surface area contributed by atoms with Gasteiger partial charge in [-0.05, 0) is 23.3 Å². The zero-order chi connectivity index (χ0) is 13.7. The third kappa shape index (κ3) is 3.77. The molecule has 1 N–H and O–H groups in total. The number of aromatic nitrogens is 1. The number of hydrogen-bond acceptors (Lipinski definition) is 3. The lowest BCUT2D eigenvalue weighted by Gasteiger charge is -2.10. The zero-order valence-electron chi connectivity index (χ0n) is 10.7. The van der Waals surface area contributed by atoms with E-state index < -0.39 is 6.29 Å². The molecule has 0 fully saturated rings. The highest BCUT2D eigenvalue weighted by Crippen LogP contribution is 2.16. The van der Waals surface area contributed by atoms with E-state index in [1.807, 2.05) is 30.3 Å². The number of alkyl halides is 1. The van der Waals surface area contributed by atoms with Crippen LogP contribution in [0.3, 0.4) is 0 Å². The molecule has 19 heavy (non-hydrogen) atoms. The molecular formula is C15H16ClNO2. The second-order valence-corrected chi connectivity index (χ2v) is 4.56. The summed E-state index contributed by atoms with van der Waals surface area (Å²) in [6.07, 6.45) is 1.49. The molecule has 2 rings (SSSR count). The maximum Gasteiger partial charge on any atom is 0.180 e. The highest BCUT2D eigenvalue weighted by atomic mass is 35.5. The number of aliphatic hydroxyl groups is 1. The number of halogens is 1. The van der Waals surface area contributed by atoms with Crippen molar-refractivity contribution in [2.45, 2.75) is 18.6 Å². The first-order valence-electron chi connectivity index (χ1n) is 6.02. The third-order valence-corrected chi connectivity index (χ3v) is 3.22. The molecule has 0 amide bonds. The monoisotopic (exact) mass is 277 g/mol. The van der Waals surface area contributed by atoms with Crippen LogP contribution in [0.2, 0.25) is 0 Å². The van der Waals surface area contributed by atoms with Gasteiger partial charge in [0.05, 0.1) is 0 Å². The molecular weight excluding hydrogens is 262 g/mol. The van der Waals surface area contributed by atoms with Gasteiger partial charge in [-0.25, -0.2) is 0 Å². The van der Waals surface area contributed by atoms with Crippen LogP contribution in [-0.4, -0.2) is 17.2 Å². The van der Waals surface area contributed by atoms with Crippen LogP contribution in [0.25, 0.3) is 0 Å². The zero-order valence-corrected chi connectivity index (χ0v) is 11.5. The first-order chi connectivity index (χ1) is 9.22. The van der Waals surface area contributed by atoms with Crippen molar-refractivity contribution in [1.82, 2.24) is 4.98 Å². The Morgan fingerprint density at radius 1 is 1.21 bits per heavy atom. The minimum atomic E-state index is -0.902. The smallest absolute Gasteiger partial charge is 0.180 e. The highest BCUT2D eigenvalue weighted by Gasteiger charge is 2.07. The lowest BCUT2D eigenvalue weighted by molar-refractivity contribution is -0.0770. The fourth-order valence-corrected chi connectivity index (χ4v) is 2.02. The Balaban J connectivity index is 2.13. The summed E-state index contributed by atoms with van der Waals surface area (Å²) in [4.78, 5) is 4.30. The second-order valence-electron chi connectivity index (χ2n) is 4.30. The Hall–Kier alpha value is -1.42. The molecule has 3 nitrogen and oxygen atoms in total. The van der Waals surface area contributed by atoms with Crippen molar-refractivity contribution in [1.29, 1.82) is 0 Å². The molecule has 1 heterocycles. The van der Waals surface area contributed by atoms with Gasteiger partial charge in [0.25, 0.3) is 0 Å². The summed E-state index contributed by atoms with van der Waals surface area (Å²) in [5, 5.41) is 9.62. The third-order valence-electron chi connectivity index (χ3n) is 2.91. The Bertz CT molecular complexity index is 528. The standard InChI is InChI=1S/C15H16ClNO2/c1-19-15(18)13-6-7-17-14(9-13)8-11-2-4-12(10-16)5-3-11/h2-7,9,15,18H,8,10H2,1H3. The van der Waals surface area contributed by atoms with Gasteiger partial charge in [0.2, 0.25) is 0 Å². The Morgan fingerprint density at radius 3 is 2.53 bits per heavy atom. The summed E-state index contributed by atoms with van der Waals surface area (Å²) in [6.45, 7) is 0. The second kappa shape index (κ2) is 6.66. The van der Waals surface area contributed by atoms with E-state index in [9.17, 15) is 5.11 Å². The number of methoxy groups -OCH3 is 1. The lowest BCUT2D eigenvalue weighted by atomic mass is 10.1. The minimum absolute atomic E-state index is 0.522. The molecule has 0 spiro atoms. The molecule has 0 aliphatic carbocycles. The van der Waals surface area contributed by atoms with Gasteiger partial charge in [0, 0.05) is 36.9 Å². The molecule has 1 atom stereocenters. The van der Waals surface area contributed by atoms with Crippen LogP contribution < -0.4 is 0 Å². The van der Waals surface area contributed by atoms with Gasteiger partial charge < -0.3 is 9.84 Å². The number of nitrogens with zero attached hydrogens (tertiary/aromatic N) is 1. The molecule has 0 radical (unpaired) electrons. The SMILES string of the molecule is COC(O)c1ccnc(Cc2ccc(CCl)cc2)c1. The maximum absolute atomic E-state index is 9.62. The van der Waals surface area contributed by atoms with E-state index in [2.05, 4.69) is 4.98 Å². The van der Waals surface area contributed by atoms with Crippen LogP contribution in [0.4, 0.5) is 0 Å². The van der Waals surface area contributed by atoms with Crippen LogP contribution >= 0.6 is 11.6 Å². The number of benzene rings is 1. The van der Waals surface area contributed by atoms with E-state index in [1.165, 1.54) is 7.11 Å². The van der Waals surface area contributed by atoms with Crippen LogP contribution in [0.1, 0.15) is 28.7 Å². The van der Waals surface area contributed by atoms with E-state index in [4.69, 9.17) is 16.3 Å². The average Bonchev–Trinajstić information content (AvgIpc) is 2.47. The Labute approximate surface area is 117 Å². The van der Waals surface area contributed by atoms with E-state index >= 15 is 0 Å². The fourth-order valence-electron chi connectivity index (χ4n) is 1.84. The summed E-state index contributed by atoms with van der Waals surface area (Å²) in [5.41, 5.74) is 3.87. The predicted octanol–water partition coefficient (Wildman–Crippen LogP) is 3.05. The van der Waals surface area contributed by atoms with Gasteiger partial charge in [-0.15, -0.1) is 11.6 Å². The average molecular weight is 278 g/mol. The molecule has 0 saturated carbocycles. The first-order valence-corrected chi connectivity index (χ1v) is 6.56. The molecule has 0 saturated heterocycles. The van der Waals surface area contributed by atoms with E-state index in [1.54, 1.807) is 12.3 Å². The van der Waals surface area contributed by atoms with Gasteiger partial charge in [0.1, 0.15) is 0 Å². The van der Waals surface area contributed by atoms with Crippen molar-refractivity contribution >= 4 is 11.6 Å². The van der Waals surface area contributed by atoms with E-state index in [0.29, 0.717) is 17.9 Å². The van der Waals surface area contributed by atoms with Crippen LogP contribution in [0, 0.1) is 0 Å². The van der Waals surface area contributed by atoms with Crippen molar-refractivity contribution in [3.05, 3.63) is 65.0 Å². The summed E-state index contributed by atoms with van der Waals surface area (Å²) >= 11 is 5.76. The van der Waals surface area contributed by atoms with E-state index in [-0.39, 0.29) is 0 Å². The Kier molecular flexibility index (Phi) is 4.91. The molecule has 0 bridgehead atoms. The molecule has 4 heteroatoms. The Morgan fingerprint density at radius 2 is 1.89 bits per heavy atom. The normalized spacial score (nSPS) is 12.4. The van der Waals surface area contributed by atoms with Crippen LogP contribution in [-0.2, 0) is 17.0 Å². The van der Waals surface area contributed by atoms with Gasteiger partial charge in [0.15, 0.2) is 6.29 Å². The van der Waals surface area contributed by atoms with Gasteiger partial charge in [-0.2, -0.15) is 0 Å². The van der Waals surface area contributed by atoms with Crippen LogP contribution in [0.5, 0.6) is 0 Å². The van der Waals surface area contributed by atoms with Gasteiger partial charge >= 0.3 is 0 Å². The highest BCUT2D eigenvalue weighted by molar-refractivity contribution is 6.17. The molecule has 0 aliphatic heterocycles. The van der Waals surface area contributed by atoms with Crippen molar-refractivity contribution in [3.8, 4) is 0 Å². The molecule has 0 aliphatic rings. The maximum atomic E-state index is 9.62. The molecule has 2 aromatic rings. The number of ether oxygens (including phenoxy) is 1. The molecule has 100 valence electrons. The predicted molar refractivity (Wildman–Crippen MR) is 75.0 cm³/mol. The molecule has 1 aromatic carbocycles. The number of hydrogen-bond donors (Lipinski definition) is 1. The summed E-state index contributed by atoms with van der Waals surface area (Å²) in [7, 11) is 1.47. The summed E-state index contributed by atoms with van der Waals surface area (Å²) in [6, 6.07) is 11.7. The largest absolute Gasteiger partial charge is 0.364 e. The van der Waals surface area contributed by atoms with Crippen molar-refractivity contribution in [2.24, 2.45) is 0 Å². The van der Waals surface area contributed by atoms with Crippen molar-refractivity contribution < 1.29 is 9.84 Å². The molecule has 1 aromatic heterocycles. The van der Waals surface area contributed by atoms with Crippen LogP contribution in [0.15, 0.2) is 42.6 Å². The van der Waals surface area contributed by atoms with Crippen molar-refractivity contribution in [3.63, 3.8) is 0 Å². The minimum Gasteiger partial charge on any atom is -0.364 e. The molecule has 1 unspecified atom stereocenters. The topological polar surface area (TPSA) is 42.4 Å². The van der Waals surface area contributed by atoms with Gasteiger partial charge in [-0.1, -0.05) is 24.3 Å². The number of pyridine rings is 1.